The van der Waals surface area contributed by atoms with Crippen molar-refractivity contribution in [1.29, 1.82) is 0 Å². The van der Waals surface area contributed by atoms with Gasteiger partial charge in [0.1, 0.15) is 5.69 Å². The number of piperazine rings is 1. The number of aromatic nitrogens is 1. The number of halogens is 1. The minimum absolute atomic E-state index is 0.156. The molecule has 0 aromatic carbocycles. The van der Waals surface area contributed by atoms with Crippen LogP contribution < -0.4 is 5.32 Å². The van der Waals surface area contributed by atoms with E-state index in [1.54, 1.807) is 0 Å². The van der Waals surface area contributed by atoms with Crippen molar-refractivity contribution in [3.05, 3.63) is 21.5 Å². The van der Waals surface area contributed by atoms with E-state index in [-0.39, 0.29) is 5.91 Å². The van der Waals surface area contributed by atoms with Crippen molar-refractivity contribution in [3.63, 3.8) is 0 Å². The molecule has 0 bridgehead atoms. The highest BCUT2D eigenvalue weighted by molar-refractivity contribution is 14.1. The molecule has 2 heterocycles. The molecule has 5 heteroatoms. The van der Waals surface area contributed by atoms with Gasteiger partial charge in [-0.3, -0.25) is 4.79 Å². The Morgan fingerprint density at radius 3 is 3.06 bits per heavy atom. The number of hydrogen-bond donors (Lipinski definition) is 1. The largest absolute Gasteiger partial charge is 0.343 e. The molecule has 2 rings (SSSR count). The average Bonchev–Trinajstić information content (AvgIpc) is 2.69. The maximum absolute atomic E-state index is 12.4. The molecule has 94 valence electrons. The lowest BCUT2D eigenvalue weighted by molar-refractivity contribution is 0.0698. The Bertz CT molecular complexity index is 416. The standard InChI is InChI=1S/C12H18IN3O/c1-3-15-8-10(13)6-11(15)12(17)16-5-4-14-9(2)7-16/h6,8-9,14H,3-5,7H2,1-2H3/t9-/m1/s1. The number of nitrogens with zero attached hydrogens (tertiary/aromatic N) is 2. The summed E-state index contributed by atoms with van der Waals surface area (Å²) < 4.78 is 3.15. The SMILES string of the molecule is CCn1cc(I)cc1C(=O)N1CCN[C@H](C)C1. The minimum atomic E-state index is 0.156. The number of aryl methyl sites for hydroxylation is 1. The number of rotatable bonds is 2. The van der Waals surface area contributed by atoms with Crippen LogP contribution in [0.3, 0.4) is 0 Å². The van der Waals surface area contributed by atoms with E-state index in [1.807, 2.05) is 21.7 Å². The number of nitrogens with one attached hydrogen (secondary N) is 1. The van der Waals surface area contributed by atoms with E-state index in [2.05, 4.69) is 41.8 Å². The van der Waals surface area contributed by atoms with Gasteiger partial charge in [0, 0.05) is 42.0 Å². The molecule has 1 aromatic rings. The molecule has 1 aliphatic rings. The van der Waals surface area contributed by atoms with Gasteiger partial charge in [-0.2, -0.15) is 0 Å². The molecule has 1 aromatic heterocycles. The topological polar surface area (TPSA) is 37.3 Å². The van der Waals surface area contributed by atoms with Crippen molar-refractivity contribution < 1.29 is 4.79 Å². The van der Waals surface area contributed by atoms with Gasteiger partial charge in [-0.25, -0.2) is 0 Å². The Kier molecular flexibility index (Phi) is 4.09. The van der Waals surface area contributed by atoms with E-state index >= 15 is 0 Å². The minimum Gasteiger partial charge on any atom is -0.343 e. The fourth-order valence-electron chi connectivity index (χ4n) is 2.19. The molecule has 1 aliphatic heterocycles. The van der Waals surface area contributed by atoms with Crippen LogP contribution in [0.15, 0.2) is 12.3 Å². The summed E-state index contributed by atoms with van der Waals surface area (Å²) in [5, 5.41) is 3.35. The highest BCUT2D eigenvalue weighted by atomic mass is 127. The van der Waals surface area contributed by atoms with Crippen LogP contribution in [0.5, 0.6) is 0 Å². The molecule has 1 amide bonds. The Labute approximate surface area is 115 Å². The van der Waals surface area contributed by atoms with Crippen LogP contribution in [0.4, 0.5) is 0 Å². The second-order valence-corrected chi connectivity index (χ2v) is 5.68. The van der Waals surface area contributed by atoms with Gasteiger partial charge in [-0.15, -0.1) is 0 Å². The lowest BCUT2D eigenvalue weighted by Gasteiger charge is -2.32. The third-order valence-electron chi connectivity index (χ3n) is 3.08. The van der Waals surface area contributed by atoms with Crippen molar-refractivity contribution in [2.75, 3.05) is 19.6 Å². The summed E-state index contributed by atoms with van der Waals surface area (Å²) in [6.07, 6.45) is 2.03. The molecule has 4 nitrogen and oxygen atoms in total. The highest BCUT2D eigenvalue weighted by Crippen LogP contribution is 2.14. The number of amides is 1. The average molecular weight is 347 g/mol. The lowest BCUT2D eigenvalue weighted by atomic mass is 10.2. The fraction of sp³-hybridized carbons (Fsp3) is 0.583. The Morgan fingerprint density at radius 2 is 2.41 bits per heavy atom. The van der Waals surface area contributed by atoms with Gasteiger partial charge in [-0.05, 0) is 42.5 Å². The zero-order chi connectivity index (χ0) is 12.4. The third kappa shape index (κ3) is 2.82. The first-order valence-electron chi connectivity index (χ1n) is 6.00. The van der Waals surface area contributed by atoms with Crippen molar-refractivity contribution in [3.8, 4) is 0 Å². The zero-order valence-corrected chi connectivity index (χ0v) is 12.4. The number of carbonyl (C=O) groups excluding carboxylic acids is 1. The molecule has 1 fully saturated rings. The first-order valence-corrected chi connectivity index (χ1v) is 7.08. The van der Waals surface area contributed by atoms with E-state index in [4.69, 9.17) is 0 Å². The van der Waals surface area contributed by atoms with Crippen molar-refractivity contribution in [2.45, 2.75) is 26.4 Å². The van der Waals surface area contributed by atoms with Gasteiger partial charge in [0.15, 0.2) is 0 Å². The molecule has 0 saturated carbocycles. The summed E-state index contributed by atoms with van der Waals surface area (Å²) in [4.78, 5) is 14.4. The summed E-state index contributed by atoms with van der Waals surface area (Å²) in [5.74, 6) is 0.156. The molecule has 0 unspecified atom stereocenters. The van der Waals surface area contributed by atoms with E-state index in [1.165, 1.54) is 0 Å². The van der Waals surface area contributed by atoms with E-state index in [0.717, 1.165) is 35.4 Å². The summed E-state index contributed by atoms with van der Waals surface area (Å²) in [6, 6.07) is 2.36. The molecular weight excluding hydrogens is 329 g/mol. The van der Waals surface area contributed by atoms with Gasteiger partial charge in [0.2, 0.25) is 0 Å². The Morgan fingerprint density at radius 1 is 1.65 bits per heavy atom. The van der Waals surface area contributed by atoms with Crippen molar-refractivity contribution in [2.24, 2.45) is 0 Å². The number of carbonyl (C=O) groups is 1. The van der Waals surface area contributed by atoms with E-state index < -0.39 is 0 Å². The summed E-state index contributed by atoms with van der Waals surface area (Å²) in [5.41, 5.74) is 0.811. The summed E-state index contributed by atoms with van der Waals surface area (Å²) in [6.45, 7) is 7.50. The van der Waals surface area contributed by atoms with Gasteiger partial charge >= 0.3 is 0 Å². The second kappa shape index (κ2) is 5.39. The van der Waals surface area contributed by atoms with E-state index in [9.17, 15) is 4.79 Å². The van der Waals surface area contributed by atoms with Gasteiger partial charge in [-0.1, -0.05) is 0 Å². The maximum Gasteiger partial charge on any atom is 0.270 e. The molecular formula is C12H18IN3O. The van der Waals surface area contributed by atoms with Crippen LogP contribution in [0.25, 0.3) is 0 Å². The van der Waals surface area contributed by atoms with Crippen molar-refractivity contribution >= 4 is 28.5 Å². The van der Waals surface area contributed by atoms with E-state index in [0.29, 0.717) is 6.04 Å². The molecule has 1 atom stereocenters. The van der Waals surface area contributed by atoms with Gasteiger partial charge in [0.25, 0.3) is 5.91 Å². The quantitative estimate of drug-likeness (QED) is 0.825. The molecule has 0 spiro atoms. The van der Waals surface area contributed by atoms with Crippen LogP contribution in [0.1, 0.15) is 24.3 Å². The zero-order valence-electron chi connectivity index (χ0n) is 10.2. The summed E-state index contributed by atoms with van der Waals surface area (Å²) in [7, 11) is 0. The first kappa shape index (κ1) is 12.9. The van der Waals surface area contributed by atoms with Crippen LogP contribution in [0.2, 0.25) is 0 Å². The Balaban J connectivity index is 2.18. The van der Waals surface area contributed by atoms with Crippen molar-refractivity contribution in [1.82, 2.24) is 14.8 Å². The van der Waals surface area contributed by atoms with Gasteiger partial charge < -0.3 is 14.8 Å². The normalized spacial score (nSPS) is 20.6. The summed E-state index contributed by atoms with van der Waals surface area (Å²) >= 11 is 2.25. The van der Waals surface area contributed by atoms with Gasteiger partial charge in [0.05, 0.1) is 0 Å². The molecule has 1 N–H and O–H groups in total. The highest BCUT2D eigenvalue weighted by Gasteiger charge is 2.23. The fourth-order valence-corrected chi connectivity index (χ4v) is 2.83. The van der Waals surface area contributed by atoms with Crippen LogP contribution in [0, 0.1) is 3.57 Å². The van der Waals surface area contributed by atoms with Crippen LogP contribution in [-0.4, -0.2) is 41.1 Å². The predicted molar refractivity (Wildman–Crippen MR) is 76.2 cm³/mol. The molecule has 0 aliphatic carbocycles. The molecule has 0 radical (unpaired) electrons. The molecule has 17 heavy (non-hydrogen) atoms. The first-order chi connectivity index (χ1) is 8.11. The molecule has 1 saturated heterocycles. The number of hydrogen-bond acceptors (Lipinski definition) is 2. The Hall–Kier alpha value is -0.560. The second-order valence-electron chi connectivity index (χ2n) is 4.44. The lowest BCUT2D eigenvalue weighted by Crippen LogP contribution is -2.51. The van der Waals surface area contributed by atoms with Crippen LogP contribution in [-0.2, 0) is 6.54 Å². The predicted octanol–water partition coefficient (Wildman–Crippen LogP) is 1.55. The maximum atomic E-state index is 12.4. The monoisotopic (exact) mass is 347 g/mol. The third-order valence-corrected chi connectivity index (χ3v) is 3.67. The smallest absolute Gasteiger partial charge is 0.270 e. The van der Waals surface area contributed by atoms with Crippen LogP contribution >= 0.6 is 22.6 Å².